The highest BCUT2D eigenvalue weighted by atomic mass is 16.4. The Balaban J connectivity index is 2.25. The summed E-state index contributed by atoms with van der Waals surface area (Å²) in [6.07, 6.45) is 1.35. The molecule has 0 saturated carbocycles. The highest BCUT2D eigenvalue weighted by Crippen LogP contribution is 2.20. The van der Waals surface area contributed by atoms with Crippen molar-refractivity contribution in [2.75, 3.05) is 13.1 Å². The molecule has 0 bridgehead atoms. The SMILES string of the molecule is CC1(C)C(=O)NCCN1C(=O)c1ccc(C(N)=NO)cn1. The fraction of sp³-hybridized carbons (Fsp3) is 0.385. The fourth-order valence-electron chi connectivity index (χ4n) is 2.12. The number of amides is 2. The summed E-state index contributed by atoms with van der Waals surface area (Å²) >= 11 is 0. The molecule has 0 unspecified atom stereocenters. The molecule has 8 nitrogen and oxygen atoms in total. The number of hydrogen-bond donors (Lipinski definition) is 3. The Morgan fingerprint density at radius 3 is 2.81 bits per heavy atom. The number of oxime groups is 1. The Labute approximate surface area is 121 Å². The zero-order chi connectivity index (χ0) is 15.6. The number of rotatable bonds is 2. The van der Waals surface area contributed by atoms with Gasteiger partial charge in [0, 0.05) is 24.8 Å². The number of nitrogens with two attached hydrogens (primary N) is 1. The van der Waals surface area contributed by atoms with Crippen molar-refractivity contribution in [2.45, 2.75) is 19.4 Å². The van der Waals surface area contributed by atoms with Crippen LogP contribution >= 0.6 is 0 Å². The number of amidine groups is 1. The second-order valence-electron chi connectivity index (χ2n) is 5.19. The number of aromatic nitrogens is 1. The van der Waals surface area contributed by atoms with E-state index in [9.17, 15) is 9.59 Å². The van der Waals surface area contributed by atoms with Crippen LogP contribution in [0.4, 0.5) is 0 Å². The third-order valence-electron chi connectivity index (χ3n) is 3.48. The van der Waals surface area contributed by atoms with Crippen LogP contribution in [0.25, 0.3) is 0 Å². The predicted molar refractivity (Wildman–Crippen MR) is 74.9 cm³/mol. The monoisotopic (exact) mass is 291 g/mol. The molecule has 1 fully saturated rings. The van der Waals surface area contributed by atoms with Crippen molar-refractivity contribution in [1.82, 2.24) is 15.2 Å². The molecule has 0 spiro atoms. The fourth-order valence-corrected chi connectivity index (χ4v) is 2.12. The topological polar surface area (TPSA) is 121 Å². The van der Waals surface area contributed by atoms with Gasteiger partial charge in [0.25, 0.3) is 5.91 Å². The maximum atomic E-state index is 12.5. The molecular formula is C13H17N5O3. The molecular weight excluding hydrogens is 274 g/mol. The zero-order valence-electron chi connectivity index (χ0n) is 11.8. The molecule has 2 heterocycles. The van der Waals surface area contributed by atoms with Crippen LogP contribution in [0, 0.1) is 0 Å². The Morgan fingerprint density at radius 1 is 1.52 bits per heavy atom. The summed E-state index contributed by atoms with van der Waals surface area (Å²) in [6, 6.07) is 3.02. The van der Waals surface area contributed by atoms with E-state index < -0.39 is 5.54 Å². The van der Waals surface area contributed by atoms with Gasteiger partial charge in [0.15, 0.2) is 5.84 Å². The summed E-state index contributed by atoms with van der Waals surface area (Å²) in [4.78, 5) is 29.8. The lowest BCUT2D eigenvalue weighted by Crippen LogP contribution is -2.63. The Morgan fingerprint density at radius 2 is 2.24 bits per heavy atom. The summed E-state index contributed by atoms with van der Waals surface area (Å²) < 4.78 is 0. The zero-order valence-corrected chi connectivity index (χ0v) is 11.8. The number of nitrogens with zero attached hydrogens (tertiary/aromatic N) is 3. The van der Waals surface area contributed by atoms with E-state index in [0.717, 1.165) is 0 Å². The van der Waals surface area contributed by atoms with Crippen molar-refractivity contribution in [2.24, 2.45) is 10.9 Å². The lowest BCUT2D eigenvalue weighted by molar-refractivity contribution is -0.133. The standard InChI is InChI=1S/C13H17N5O3/c1-13(2)12(20)15-5-6-18(13)11(19)9-4-3-8(7-16-9)10(14)17-21/h3-4,7,21H,5-6H2,1-2H3,(H2,14,17)(H,15,20). The Kier molecular flexibility index (Phi) is 3.79. The molecule has 0 aliphatic carbocycles. The Bertz CT molecular complexity index is 594. The van der Waals surface area contributed by atoms with Gasteiger partial charge in [-0.15, -0.1) is 0 Å². The van der Waals surface area contributed by atoms with E-state index in [0.29, 0.717) is 18.7 Å². The van der Waals surface area contributed by atoms with Crippen LogP contribution in [-0.2, 0) is 4.79 Å². The van der Waals surface area contributed by atoms with Crippen LogP contribution in [0.5, 0.6) is 0 Å². The smallest absolute Gasteiger partial charge is 0.273 e. The van der Waals surface area contributed by atoms with Gasteiger partial charge in [0.2, 0.25) is 5.91 Å². The minimum Gasteiger partial charge on any atom is -0.409 e. The highest BCUT2D eigenvalue weighted by molar-refractivity contribution is 6.00. The van der Waals surface area contributed by atoms with Gasteiger partial charge in [-0.25, -0.2) is 0 Å². The number of piperazine rings is 1. The number of carbonyl (C=O) groups is 2. The van der Waals surface area contributed by atoms with Crippen LogP contribution < -0.4 is 11.1 Å². The van der Waals surface area contributed by atoms with Crippen molar-refractivity contribution < 1.29 is 14.8 Å². The predicted octanol–water partition coefficient (Wildman–Crippen LogP) is -0.473. The molecule has 112 valence electrons. The molecule has 2 amide bonds. The molecule has 0 radical (unpaired) electrons. The first-order chi connectivity index (χ1) is 9.87. The first kappa shape index (κ1) is 14.8. The molecule has 1 saturated heterocycles. The maximum absolute atomic E-state index is 12.5. The minimum absolute atomic E-state index is 0.0841. The van der Waals surface area contributed by atoms with Gasteiger partial charge >= 0.3 is 0 Å². The van der Waals surface area contributed by atoms with Crippen molar-refractivity contribution in [3.63, 3.8) is 0 Å². The average Bonchev–Trinajstić information content (AvgIpc) is 2.48. The molecule has 1 aliphatic rings. The van der Waals surface area contributed by atoms with Gasteiger partial charge < -0.3 is 21.2 Å². The van der Waals surface area contributed by atoms with Crippen molar-refractivity contribution >= 4 is 17.6 Å². The second kappa shape index (κ2) is 5.39. The lowest BCUT2D eigenvalue weighted by atomic mass is 9.98. The van der Waals surface area contributed by atoms with Crippen LogP contribution in [0.3, 0.4) is 0 Å². The largest absolute Gasteiger partial charge is 0.409 e. The van der Waals surface area contributed by atoms with Gasteiger partial charge in [-0.05, 0) is 26.0 Å². The van der Waals surface area contributed by atoms with Crippen molar-refractivity contribution in [3.05, 3.63) is 29.6 Å². The molecule has 8 heteroatoms. The molecule has 0 aromatic carbocycles. The van der Waals surface area contributed by atoms with Gasteiger partial charge in [-0.1, -0.05) is 5.16 Å². The maximum Gasteiger partial charge on any atom is 0.273 e. The lowest BCUT2D eigenvalue weighted by Gasteiger charge is -2.40. The summed E-state index contributed by atoms with van der Waals surface area (Å²) in [5, 5.41) is 14.2. The highest BCUT2D eigenvalue weighted by Gasteiger charge is 2.41. The third kappa shape index (κ3) is 2.64. The number of carbonyl (C=O) groups excluding carboxylic acids is 2. The number of nitrogens with one attached hydrogen (secondary N) is 1. The summed E-state index contributed by atoms with van der Waals surface area (Å²) in [5.41, 5.74) is 5.12. The van der Waals surface area contributed by atoms with Gasteiger partial charge in [-0.3, -0.25) is 14.6 Å². The average molecular weight is 291 g/mol. The van der Waals surface area contributed by atoms with Crippen LogP contribution in [0.2, 0.25) is 0 Å². The summed E-state index contributed by atoms with van der Waals surface area (Å²) in [7, 11) is 0. The first-order valence-electron chi connectivity index (χ1n) is 6.42. The van der Waals surface area contributed by atoms with Gasteiger partial charge in [-0.2, -0.15) is 0 Å². The van der Waals surface area contributed by atoms with E-state index in [1.54, 1.807) is 13.8 Å². The van der Waals surface area contributed by atoms with E-state index in [1.165, 1.54) is 23.2 Å². The van der Waals surface area contributed by atoms with E-state index in [4.69, 9.17) is 10.9 Å². The van der Waals surface area contributed by atoms with Crippen molar-refractivity contribution in [1.29, 1.82) is 0 Å². The molecule has 1 aromatic rings. The summed E-state index contributed by atoms with van der Waals surface area (Å²) in [6.45, 7) is 4.20. The summed E-state index contributed by atoms with van der Waals surface area (Å²) in [5.74, 6) is -0.615. The Hall–Kier alpha value is -2.64. The molecule has 1 aliphatic heterocycles. The normalized spacial score (nSPS) is 18.3. The van der Waals surface area contributed by atoms with Crippen LogP contribution in [-0.4, -0.2) is 51.4 Å². The van der Waals surface area contributed by atoms with E-state index in [2.05, 4.69) is 15.5 Å². The number of hydrogen-bond acceptors (Lipinski definition) is 5. The molecule has 2 rings (SSSR count). The van der Waals surface area contributed by atoms with Crippen LogP contribution in [0.15, 0.2) is 23.5 Å². The molecule has 0 atom stereocenters. The molecule has 4 N–H and O–H groups in total. The minimum atomic E-state index is -0.929. The van der Waals surface area contributed by atoms with E-state index >= 15 is 0 Å². The molecule has 21 heavy (non-hydrogen) atoms. The van der Waals surface area contributed by atoms with E-state index in [-0.39, 0.29) is 23.3 Å². The quantitative estimate of drug-likeness (QED) is 0.294. The second-order valence-corrected chi connectivity index (χ2v) is 5.19. The first-order valence-corrected chi connectivity index (χ1v) is 6.42. The van der Waals surface area contributed by atoms with Crippen molar-refractivity contribution in [3.8, 4) is 0 Å². The van der Waals surface area contributed by atoms with E-state index in [1.807, 2.05) is 0 Å². The number of pyridine rings is 1. The van der Waals surface area contributed by atoms with Crippen LogP contribution in [0.1, 0.15) is 29.9 Å². The molecule has 1 aromatic heterocycles. The van der Waals surface area contributed by atoms with Gasteiger partial charge in [0.05, 0.1) is 0 Å². The third-order valence-corrected chi connectivity index (χ3v) is 3.48. The van der Waals surface area contributed by atoms with Gasteiger partial charge in [0.1, 0.15) is 11.2 Å².